The van der Waals surface area contributed by atoms with Crippen molar-refractivity contribution < 1.29 is 24.1 Å². The second-order valence-corrected chi connectivity index (χ2v) is 8.94. The maximum atomic E-state index is 11.4. The summed E-state index contributed by atoms with van der Waals surface area (Å²) in [5.41, 5.74) is 2.17. The van der Waals surface area contributed by atoms with Crippen molar-refractivity contribution in [1.82, 2.24) is 9.97 Å². The van der Waals surface area contributed by atoms with Crippen molar-refractivity contribution in [2.45, 2.75) is 24.9 Å². The molecule has 8 nitrogen and oxygen atoms in total. The van der Waals surface area contributed by atoms with Crippen LogP contribution in [0.15, 0.2) is 48.5 Å². The number of nitrogens with zero attached hydrogens (tertiary/aromatic N) is 2. The lowest BCUT2D eigenvalue weighted by Gasteiger charge is -2.36. The van der Waals surface area contributed by atoms with Crippen molar-refractivity contribution in [2.24, 2.45) is 0 Å². The normalized spacial score (nSPS) is 14.8. The van der Waals surface area contributed by atoms with Gasteiger partial charge in [-0.1, -0.05) is 47.5 Å². The number of anilines is 1. The van der Waals surface area contributed by atoms with Crippen LogP contribution in [0.1, 0.15) is 24.0 Å². The van der Waals surface area contributed by atoms with E-state index in [1.807, 2.05) is 36.4 Å². The lowest BCUT2D eigenvalue weighted by molar-refractivity contribution is -0.0897. The third-order valence-electron chi connectivity index (χ3n) is 5.87. The van der Waals surface area contributed by atoms with Gasteiger partial charge in [-0.2, -0.15) is 9.97 Å². The van der Waals surface area contributed by atoms with Crippen LogP contribution >= 0.6 is 23.2 Å². The van der Waals surface area contributed by atoms with E-state index < -0.39 is 11.8 Å². The molecule has 1 aliphatic heterocycles. The van der Waals surface area contributed by atoms with Crippen molar-refractivity contribution in [2.75, 3.05) is 32.2 Å². The van der Waals surface area contributed by atoms with E-state index in [9.17, 15) is 9.90 Å². The summed E-state index contributed by atoms with van der Waals surface area (Å²) >= 11 is 12.2. The van der Waals surface area contributed by atoms with Crippen molar-refractivity contribution in [3.8, 4) is 17.3 Å². The molecule has 1 fully saturated rings. The quantitative estimate of drug-likeness (QED) is 0.360. The van der Waals surface area contributed by atoms with Crippen LogP contribution < -0.4 is 10.1 Å². The van der Waals surface area contributed by atoms with E-state index in [0.717, 1.165) is 16.7 Å². The molecule has 3 aromatic rings. The molecule has 0 aliphatic carbocycles. The van der Waals surface area contributed by atoms with Gasteiger partial charge in [-0.15, -0.1) is 0 Å². The predicted octanol–water partition coefficient (Wildman–Crippen LogP) is 5.81. The average Bonchev–Trinajstić information content (AvgIpc) is 2.85. The van der Waals surface area contributed by atoms with Crippen LogP contribution in [-0.4, -0.2) is 48.1 Å². The third kappa shape index (κ3) is 6.14. The Kier molecular flexibility index (Phi) is 7.95. The summed E-state index contributed by atoms with van der Waals surface area (Å²) in [6, 6.07) is 15.0. The number of methoxy groups -OCH3 is 1. The Balaban J connectivity index is 1.57. The molecule has 35 heavy (non-hydrogen) atoms. The van der Waals surface area contributed by atoms with Crippen LogP contribution in [0.25, 0.3) is 11.3 Å². The highest BCUT2D eigenvalue weighted by atomic mass is 35.5. The van der Waals surface area contributed by atoms with Crippen molar-refractivity contribution in [3.05, 3.63) is 69.7 Å². The van der Waals surface area contributed by atoms with Crippen molar-refractivity contribution in [1.29, 1.82) is 0 Å². The van der Waals surface area contributed by atoms with Gasteiger partial charge in [0.2, 0.25) is 0 Å². The molecule has 0 amide bonds. The number of ether oxygens (including phenoxy) is 3. The van der Waals surface area contributed by atoms with E-state index in [0.29, 0.717) is 60.6 Å². The first-order valence-corrected chi connectivity index (χ1v) is 11.9. The van der Waals surface area contributed by atoms with Gasteiger partial charge in [-0.3, -0.25) is 0 Å². The Morgan fingerprint density at radius 3 is 2.66 bits per heavy atom. The number of carboxylic acid groups (broad SMARTS) is 1. The molecule has 2 aromatic carbocycles. The van der Waals surface area contributed by atoms with Gasteiger partial charge in [-0.05, 0) is 35.7 Å². The van der Waals surface area contributed by atoms with Gasteiger partial charge >= 0.3 is 12.2 Å². The van der Waals surface area contributed by atoms with Crippen LogP contribution in [0, 0.1) is 0 Å². The van der Waals surface area contributed by atoms with E-state index in [1.165, 1.54) is 7.11 Å². The van der Waals surface area contributed by atoms with Crippen molar-refractivity contribution in [3.63, 3.8) is 0 Å². The highest BCUT2D eigenvalue weighted by molar-refractivity contribution is 6.35. The fraction of sp³-hybridized carbons (Fsp3) is 0.320. The van der Waals surface area contributed by atoms with Crippen LogP contribution in [-0.2, 0) is 21.5 Å². The second kappa shape index (κ2) is 11.1. The number of carbonyl (C=O) groups is 1. The number of hydrogen-bond acceptors (Lipinski definition) is 7. The van der Waals surface area contributed by atoms with Gasteiger partial charge in [0.25, 0.3) is 0 Å². The van der Waals surface area contributed by atoms with E-state index >= 15 is 0 Å². The molecule has 0 atom stereocenters. The van der Waals surface area contributed by atoms with Crippen LogP contribution in [0.4, 0.5) is 10.6 Å². The maximum absolute atomic E-state index is 11.4. The van der Waals surface area contributed by atoms with Crippen LogP contribution in [0.3, 0.4) is 0 Å². The fourth-order valence-electron chi connectivity index (χ4n) is 4.08. The lowest BCUT2D eigenvalue weighted by atomic mass is 9.85. The Morgan fingerprint density at radius 2 is 1.94 bits per heavy atom. The lowest BCUT2D eigenvalue weighted by Crippen LogP contribution is -2.38. The largest absolute Gasteiger partial charge is 0.506 e. The third-order valence-corrected chi connectivity index (χ3v) is 6.46. The van der Waals surface area contributed by atoms with Crippen LogP contribution in [0.5, 0.6) is 6.01 Å². The van der Waals surface area contributed by atoms with Gasteiger partial charge in [0, 0.05) is 41.1 Å². The minimum atomic E-state index is -1.31. The SMILES string of the molecule is COc1nc(NCCc2ccc(Cl)cc2Cl)cc(-c2cccc(C3(OC(=O)O)CCOCC3)c2)n1. The highest BCUT2D eigenvalue weighted by Gasteiger charge is 2.38. The maximum Gasteiger partial charge on any atom is 0.506 e. The van der Waals surface area contributed by atoms with Gasteiger partial charge in [0.05, 0.1) is 26.0 Å². The monoisotopic (exact) mass is 517 g/mol. The first kappa shape index (κ1) is 25.0. The second-order valence-electron chi connectivity index (χ2n) is 8.09. The number of aromatic nitrogens is 2. The Bertz CT molecular complexity index is 1200. The molecule has 0 spiro atoms. The minimum absolute atomic E-state index is 0.211. The zero-order chi connectivity index (χ0) is 24.8. The minimum Gasteiger partial charge on any atom is -0.467 e. The molecule has 0 radical (unpaired) electrons. The summed E-state index contributed by atoms with van der Waals surface area (Å²) in [4.78, 5) is 20.3. The molecule has 1 aromatic heterocycles. The summed E-state index contributed by atoms with van der Waals surface area (Å²) < 4.78 is 16.1. The van der Waals surface area contributed by atoms with Gasteiger partial charge in [-0.25, -0.2) is 4.79 Å². The zero-order valence-electron chi connectivity index (χ0n) is 19.1. The highest BCUT2D eigenvalue weighted by Crippen LogP contribution is 2.38. The Hall–Kier alpha value is -3.07. The summed E-state index contributed by atoms with van der Waals surface area (Å²) in [6.07, 6.45) is 0.240. The van der Waals surface area contributed by atoms with Gasteiger partial charge < -0.3 is 24.6 Å². The summed E-state index contributed by atoms with van der Waals surface area (Å²) in [7, 11) is 1.50. The molecule has 0 saturated carbocycles. The molecule has 1 saturated heterocycles. The average molecular weight is 518 g/mol. The smallest absolute Gasteiger partial charge is 0.467 e. The fourth-order valence-corrected chi connectivity index (χ4v) is 4.59. The topological polar surface area (TPSA) is 103 Å². The van der Waals surface area contributed by atoms with Gasteiger partial charge in [0.1, 0.15) is 11.4 Å². The molecular weight excluding hydrogens is 493 g/mol. The molecule has 184 valence electrons. The Labute approximate surface area is 213 Å². The molecule has 2 N–H and O–H groups in total. The molecule has 0 unspecified atom stereocenters. The zero-order valence-corrected chi connectivity index (χ0v) is 20.6. The number of benzene rings is 2. The molecule has 1 aliphatic rings. The molecular formula is C25H25Cl2N3O5. The van der Waals surface area contributed by atoms with E-state index in [-0.39, 0.29) is 6.01 Å². The number of nitrogens with one attached hydrogen (secondary N) is 1. The van der Waals surface area contributed by atoms with E-state index in [2.05, 4.69) is 15.3 Å². The first-order chi connectivity index (χ1) is 16.9. The number of halogens is 2. The first-order valence-electron chi connectivity index (χ1n) is 11.1. The van der Waals surface area contributed by atoms with Crippen LogP contribution in [0.2, 0.25) is 10.0 Å². The summed E-state index contributed by atoms with van der Waals surface area (Å²) in [5.74, 6) is 0.588. The molecule has 2 heterocycles. The predicted molar refractivity (Wildman–Crippen MR) is 134 cm³/mol. The van der Waals surface area contributed by atoms with E-state index in [4.69, 9.17) is 37.4 Å². The van der Waals surface area contributed by atoms with E-state index in [1.54, 1.807) is 12.1 Å². The standard InChI is InChI=1S/C25H25Cl2N3O5/c1-33-23-29-21(15-22(30-23)28-10-7-16-5-6-19(26)14-20(16)27)17-3-2-4-18(13-17)25(35-24(31)32)8-11-34-12-9-25/h2-6,13-15H,7-12H2,1H3,(H,31,32)(H,28,29,30). The molecule has 4 rings (SSSR count). The Morgan fingerprint density at radius 1 is 1.14 bits per heavy atom. The molecule has 10 heteroatoms. The van der Waals surface area contributed by atoms with Gasteiger partial charge in [0.15, 0.2) is 0 Å². The molecule has 0 bridgehead atoms. The summed E-state index contributed by atoms with van der Waals surface area (Å²) in [6.45, 7) is 1.42. The van der Waals surface area contributed by atoms with Crippen molar-refractivity contribution >= 4 is 35.2 Å². The summed E-state index contributed by atoms with van der Waals surface area (Å²) in [5, 5.41) is 13.9. The number of hydrogen-bond donors (Lipinski definition) is 2. The number of rotatable bonds is 8.